The highest BCUT2D eigenvalue weighted by Gasteiger charge is 2.21. The third-order valence-corrected chi connectivity index (χ3v) is 7.27. The van der Waals surface area contributed by atoms with E-state index in [2.05, 4.69) is 42.3 Å². The number of hydrogen-bond acceptors (Lipinski definition) is 7. The summed E-state index contributed by atoms with van der Waals surface area (Å²) < 4.78 is 7.63. The van der Waals surface area contributed by atoms with Crippen molar-refractivity contribution >= 4 is 76.7 Å². The lowest BCUT2D eigenvalue weighted by atomic mass is 10.2. The summed E-state index contributed by atoms with van der Waals surface area (Å²) in [6.45, 7) is 3.33. The molecule has 4 aromatic rings. The standard InChI is InChI=1S/C22H16Br2N4O5S/c1-11-5-3-4-6-17(11)27-21-14(12(2)26-27)9-18(34-21)22(30)33-10-19(29)25-20-15(23)7-13(28(31)32)8-16(20)24/h3-9H,10H2,1-2H3,(H,25,29). The van der Waals surface area contributed by atoms with Crippen molar-refractivity contribution in [2.24, 2.45) is 0 Å². The summed E-state index contributed by atoms with van der Waals surface area (Å²) in [5.74, 6) is -1.22. The second-order valence-corrected chi connectivity index (χ2v) is 10.0. The molecule has 0 unspecified atom stereocenters. The van der Waals surface area contributed by atoms with E-state index in [1.165, 1.54) is 23.5 Å². The molecule has 0 saturated heterocycles. The van der Waals surface area contributed by atoms with E-state index in [1.807, 2.05) is 38.1 Å². The predicted molar refractivity (Wildman–Crippen MR) is 136 cm³/mol. The van der Waals surface area contributed by atoms with Gasteiger partial charge in [0.1, 0.15) is 9.71 Å². The van der Waals surface area contributed by atoms with Gasteiger partial charge in [0, 0.05) is 26.5 Å². The fourth-order valence-electron chi connectivity index (χ4n) is 3.27. The van der Waals surface area contributed by atoms with Gasteiger partial charge < -0.3 is 10.1 Å². The number of fused-ring (bicyclic) bond motifs is 1. The van der Waals surface area contributed by atoms with Crippen molar-refractivity contribution in [2.75, 3.05) is 11.9 Å². The first-order valence-corrected chi connectivity index (χ1v) is 12.2. The normalized spacial score (nSPS) is 10.9. The number of nitrogens with one attached hydrogen (secondary N) is 1. The zero-order valence-electron chi connectivity index (χ0n) is 17.8. The van der Waals surface area contributed by atoms with Crippen LogP contribution in [0.4, 0.5) is 11.4 Å². The minimum absolute atomic E-state index is 0.146. The third kappa shape index (κ3) is 4.74. The van der Waals surface area contributed by atoms with Gasteiger partial charge in [0.25, 0.3) is 11.6 Å². The molecule has 1 amide bonds. The number of non-ortho nitro benzene ring substituents is 1. The number of esters is 1. The summed E-state index contributed by atoms with van der Waals surface area (Å²) in [7, 11) is 0. The van der Waals surface area contributed by atoms with Crippen LogP contribution in [0, 0.1) is 24.0 Å². The zero-order chi connectivity index (χ0) is 24.6. The lowest BCUT2D eigenvalue weighted by Gasteiger charge is -2.10. The van der Waals surface area contributed by atoms with Crippen LogP contribution in [-0.2, 0) is 9.53 Å². The molecule has 0 aliphatic rings. The van der Waals surface area contributed by atoms with Crippen molar-refractivity contribution in [3.8, 4) is 5.69 Å². The number of amides is 1. The molecule has 34 heavy (non-hydrogen) atoms. The number of carbonyl (C=O) groups excluding carboxylic acids is 2. The second-order valence-electron chi connectivity index (χ2n) is 7.28. The summed E-state index contributed by atoms with van der Waals surface area (Å²) in [6.07, 6.45) is 0. The van der Waals surface area contributed by atoms with Gasteiger partial charge in [-0.1, -0.05) is 18.2 Å². The Hall–Kier alpha value is -3.09. The summed E-state index contributed by atoms with van der Waals surface area (Å²) in [6, 6.07) is 12.1. The van der Waals surface area contributed by atoms with Crippen LogP contribution >= 0.6 is 43.2 Å². The van der Waals surface area contributed by atoms with Crippen molar-refractivity contribution in [3.05, 3.63) is 77.7 Å². The number of halogens is 2. The SMILES string of the molecule is Cc1ccccc1-n1nc(C)c2cc(C(=O)OCC(=O)Nc3c(Br)cc([N+](=O)[O-])cc3Br)sc21. The molecule has 2 heterocycles. The van der Waals surface area contributed by atoms with Crippen LogP contribution in [0.25, 0.3) is 15.9 Å². The van der Waals surface area contributed by atoms with Gasteiger partial charge in [-0.05, 0) is 63.4 Å². The van der Waals surface area contributed by atoms with Crippen molar-refractivity contribution in [1.82, 2.24) is 9.78 Å². The maximum Gasteiger partial charge on any atom is 0.348 e. The Morgan fingerprint density at radius 2 is 1.85 bits per heavy atom. The monoisotopic (exact) mass is 606 g/mol. The van der Waals surface area contributed by atoms with E-state index in [-0.39, 0.29) is 5.69 Å². The first-order chi connectivity index (χ1) is 16.2. The van der Waals surface area contributed by atoms with E-state index in [0.29, 0.717) is 19.5 Å². The van der Waals surface area contributed by atoms with Gasteiger partial charge in [0.05, 0.1) is 22.0 Å². The van der Waals surface area contributed by atoms with Crippen molar-refractivity contribution in [1.29, 1.82) is 0 Å². The minimum atomic E-state index is -0.631. The molecule has 0 saturated carbocycles. The first kappa shape index (κ1) is 24.0. The van der Waals surface area contributed by atoms with Crippen LogP contribution < -0.4 is 5.32 Å². The van der Waals surface area contributed by atoms with Crippen LogP contribution in [0.5, 0.6) is 0 Å². The smallest absolute Gasteiger partial charge is 0.348 e. The van der Waals surface area contributed by atoms with Crippen molar-refractivity contribution < 1.29 is 19.2 Å². The number of nitro benzene ring substituents is 1. The van der Waals surface area contributed by atoms with Crippen LogP contribution in [0.1, 0.15) is 20.9 Å². The molecule has 0 atom stereocenters. The Balaban J connectivity index is 1.48. The molecule has 2 aromatic carbocycles. The van der Waals surface area contributed by atoms with Gasteiger partial charge >= 0.3 is 5.97 Å². The predicted octanol–water partition coefficient (Wildman–Crippen LogP) is 5.93. The van der Waals surface area contributed by atoms with E-state index in [0.717, 1.165) is 27.2 Å². The molecule has 0 spiro atoms. The highest BCUT2D eigenvalue weighted by Crippen LogP contribution is 2.35. The number of anilines is 1. The van der Waals surface area contributed by atoms with Gasteiger partial charge in [-0.25, -0.2) is 9.48 Å². The van der Waals surface area contributed by atoms with Gasteiger partial charge in [0.2, 0.25) is 0 Å². The van der Waals surface area contributed by atoms with E-state index in [9.17, 15) is 19.7 Å². The number of nitrogens with zero attached hydrogens (tertiary/aromatic N) is 3. The molecule has 0 radical (unpaired) electrons. The summed E-state index contributed by atoms with van der Waals surface area (Å²) in [5, 5.41) is 19.0. The fraction of sp³-hybridized carbons (Fsp3) is 0.136. The number of para-hydroxylation sites is 1. The average molecular weight is 608 g/mol. The minimum Gasteiger partial charge on any atom is -0.451 e. The molecule has 9 nitrogen and oxygen atoms in total. The second kappa shape index (κ2) is 9.65. The highest BCUT2D eigenvalue weighted by atomic mass is 79.9. The number of thiophene rings is 1. The van der Waals surface area contributed by atoms with Crippen LogP contribution in [0.2, 0.25) is 0 Å². The van der Waals surface area contributed by atoms with E-state index >= 15 is 0 Å². The number of benzene rings is 2. The summed E-state index contributed by atoms with van der Waals surface area (Å²) >= 11 is 7.64. The lowest BCUT2D eigenvalue weighted by Crippen LogP contribution is -2.21. The molecule has 0 bridgehead atoms. The van der Waals surface area contributed by atoms with E-state index in [4.69, 9.17) is 4.74 Å². The van der Waals surface area contributed by atoms with E-state index in [1.54, 1.807) is 10.7 Å². The Kier molecular flexibility index (Phi) is 6.82. The number of nitro groups is 1. The Morgan fingerprint density at radius 3 is 2.50 bits per heavy atom. The fourth-order valence-corrected chi connectivity index (χ4v) is 5.70. The molecule has 1 N–H and O–H groups in total. The molecule has 4 rings (SSSR count). The average Bonchev–Trinajstić information content (AvgIpc) is 3.35. The topological polar surface area (TPSA) is 116 Å². The first-order valence-electron chi connectivity index (χ1n) is 9.81. The third-order valence-electron chi connectivity index (χ3n) is 4.93. The largest absolute Gasteiger partial charge is 0.451 e. The Morgan fingerprint density at radius 1 is 1.18 bits per heavy atom. The maximum atomic E-state index is 12.6. The molecule has 2 aromatic heterocycles. The highest BCUT2D eigenvalue weighted by molar-refractivity contribution is 9.11. The zero-order valence-corrected chi connectivity index (χ0v) is 21.8. The van der Waals surface area contributed by atoms with E-state index < -0.39 is 23.4 Å². The lowest BCUT2D eigenvalue weighted by molar-refractivity contribution is -0.385. The van der Waals surface area contributed by atoms with Crippen molar-refractivity contribution in [3.63, 3.8) is 0 Å². The molecule has 12 heteroatoms. The quantitative estimate of drug-likeness (QED) is 0.165. The van der Waals surface area contributed by atoms with Crippen LogP contribution in [0.15, 0.2) is 51.4 Å². The molecule has 0 aliphatic carbocycles. The number of rotatable bonds is 6. The van der Waals surface area contributed by atoms with Crippen LogP contribution in [-0.4, -0.2) is 33.2 Å². The molecule has 174 valence electrons. The molecular weight excluding hydrogens is 592 g/mol. The number of aromatic nitrogens is 2. The molecule has 0 fully saturated rings. The number of ether oxygens (including phenoxy) is 1. The summed E-state index contributed by atoms with van der Waals surface area (Å²) in [5.41, 5.74) is 2.89. The Bertz CT molecular complexity index is 1440. The van der Waals surface area contributed by atoms with Gasteiger partial charge in [-0.15, -0.1) is 11.3 Å². The summed E-state index contributed by atoms with van der Waals surface area (Å²) in [4.78, 5) is 36.5. The van der Waals surface area contributed by atoms with Crippen LogP contribution in [0.3, 0.4) is 0 Å². The Labute approximate surface area is 214 Å². The van der Waals surface area contributed by atoms with Gasteiger partial charge in [0.15, 0.2) is 6.61 Å². The van der Waals surface area contributed by atoms with Gasteiger partial charge in [-0.2, -0.15) is 5.10 Å². The molecular formula is C22H16Br2N4O5S. The number of hydrogen-bond donors (Lipinski definition) is 1. The molecule has 0 aliphatic heterocycles. The number of carbonyl (C=O) groups is 2. The van der Waals surface area contributed by atoms with Crippen molar-refractivity contribution in [2.45, 2.75) is 13.8 Å². The van der Waals surface area contributed by atoms with Gasteiger partial charge in [-0.3, -0.25) is 14.9 Å². The number of aryl methyl sites for hydroxylation is 2. The maximum absolute atomic E-state index is 12.6.